The summed E-state index contributed by atoms with van der Waals surface area (Å²) in [5.41, 5.74) is 5.64. The zero-order valence-corrected chi connectivity index (χ0v) is 9.07. The van der Waals surface area contributed by atoms with E-state index in [1.54, 1.807) is 0 Å². The highest BCUT2D eigenvalue weighted by Gasteiger charge is 2.44. The molecule has 2 N–H and O–H groups in total. The van der Waals surface area contributed by atoms with Gasteiger partial charge in [0.2, 0.25) is 5.91 Å². The monoisotopic (exact) mass is 196 g/mol. The fourth-order valence-corrected chi connectivity index (χ4v) is 2.50. The predicted octanol–water partition coefficient (Wildman–Crippen LogP) is 0.838. The van der Waals surface area contributed by atoms with Crippen LogP contribution in [0.5, 0.6) is 0 Å². The molecule has 1 heterocycles. The van der Waals surface area contributed by atoms with Crippen LogP contribution in [-0.2, 0) is 4.79 Å². The summed E-state index contributed by atoms with van der Waals surface area (Å²) in [7, 11) is 0. The van der Waals surface area contributed by atoms with E-state index in [9.17, 15) is 4.79 Å². The van der Waals surface area contributed by atoms with E-state index >= 15 is 0 Å². The molecule has 14 heavy (non-hydrogen) atoms. The maximum absolute atomic E-state index is 12.0. The van der Waals surface area contributed by atoms with Crippen molar-refractivity contribution in [2.75, 3.05) is 13.1 Å². The molecule has 2 aliphatic rings. The van der Waals surface area contributed by atoms with Gasteiger partial charge in [-0.15, -0.1) is 0 Å². The molecule has 2 rings (SSSR count). The third-order valence-electron chi connectivity index (χ3n) is 3.70. The van der Waals surface area contributed by atoms with Crippen molar-refractivity contribution in [1.29, 1.82) is 0 Å². The molecule has 3 nitrogen and oxygen atoms in total. The number of amides is 1. The molecular formula is C11H20N2O. The fraction of sp³-hybridized carbons (Fsp3) is 0.909. The lowest BCUT2D eigenvalue weighted by Gasteiger charge is -2.21. The van der Waals surface area contributed by atoms with E-state index in [4.69, 9.17) is 5.73 Å². The average Bonchev–Trinajstić information content (AvgIpc) is 2.75. The molecule has 1 amide bonds. The molecule has 1 saturated heterocycles. The van der Waals surface area contributed by atoms with E-state index < -0.39 is 0 Å². The van der Waals surface area contributed by atoms with Crippen LogP contribution in [0.25, 0.3) is 0 Å². The molecule has 0 aromatic carbocycles. The fourth-order valence-electron chi connectivity index (χ4n) is 2.50. The number of carbonyl (C=O) groups excluding carboxylic acids is 1. The first-order valence-electron chi connectivity index (χ1n) is 5.64. The summed E-state index contributed by atoms with van der Waals surface area (Å²) < 4.78 is 0. The van der Waals surface area contributed by atoms with Crippen LogP contribution < -0.4 is 5.73 Å². The summed E-state index contributed by atoms with van der Waals surface area (Å²) >= 11 is 0. The summed E-state index contributed by atoms with van der Waals surface area (Å²) in [4.78, 5) is 14.0. The topological polar surface area (TPSA) is 46.3 Å². The van der Waals surface area contributed by atoms with Gasteiger partial charge < -0.3 is 10.6 Å². The van der Waals surface area contributed by atoms with Crippen molar-refractivity contribution in [1.82, 2.24) is 4.90 Å². The Balaban J connectivity index is 1.94. The second kappa shape index (κ2) is 3.54. The number of carbonyl (C=O) groups is 1. The Morgan fingerprint density at radius 1 is 1.43 bits per heavy atom. The third kappa shape index (κ3) is 1.65. The van der Waals surface area contributed by atoms with E-state index in [2.05, 4.69) is 13.8 Å². The molecule has 0 bridgehead atoms. The zero-order valence-electron chi connectivity index (χ0n) is 9.07. The van der Waals surface area contributed by atoms with Crippen LogP contribution in [0.1, 0.15) is 26.7 Å². The van der Waals surface area contributed by atoms with Gasteiger partial charge >= 0.3 is 0 Å². The summed E-state index contributed by atoms with van der Waals surface area (Å²) in [5.74, 6) is 1.85. The van der Waals surface area contributed by atoms with Crippen molar-refractivity contribution in [3.05, 3.63) is 0 Å². The van der Waals surface area contributed by atoms with E-state index in [-0.39, 0.29) is 0 Å². The molecule has 3 heteroatoms. The largest absolute Gasteiger partial charge is 0.339 e. The molecule has 4 atom stereocenters. The minimum atomic E-state index is 0.328. The zero-order chi connectivity index (χ0) is 10.3. The predicted molar refractivity (Wildman–Crippen MR) is 55.6 cm³/mol. The van der Waals surface area contributed by atoms with Crippen LogP contribution in [0.2, 0.25) is 0 Å². The highest BCUT2D eigenvalue weighted by atomic mass is 16.2. The first kappa shape index (κ1) is 9.97. The summed E-state index contributed by atoms with van der Waals surface area (Å²) in [6.07, 6.45) is 2.18. The minimum Gasteiger partial charge on any atom is -0.339 e. The highest BCUT2D eigenvalue weighted by molar-refractivity contribution is 5.82. The SMILES string of the molecule is CC1CC1C(=O)N1CC(CN)CC1C. The van der Waals surface area contributed by atoms with Crippen molar-refractivity contribution in [2.24, 2.45) is 23.5 Å². The molecule has 0 aromatic heterocycles. The van der Waals surface area contributed by atoms with Crippen LogP contribution in [-0.4, -0.2) is 29.9 Å². The molecule has 0 radical (unpaired) electrons. The number of hydrogen-bond acceptors (Lipinski definition) is 2. The minimum absolute atomic E-state index is 0.328. The first-order chi connectivity index (χ1) is 6.63. The van der Waals surface area contributed by atoms with Gasteiger partial charge in [-0.1, -0.05) is 6.92 Å². The van der Waals surface area contributed by atoms with Gasteiger partial charge in [-0.2, -0.15) is 0 Å². The Kier molecular flexibility index (Phi) is 2.52. The molecule has 4 unspecified atom stereocenters. The van der Waals surface area contributed by atoms with Crippen LogP contribution >= 0.6 is 0 Å². The second-order valence-electron chi connectivity index (χ2n) is 5.00. The van der Waals surface area contributed by atoms with Crippen LogP contribution in [0, 0.1) is 17.8 Å². The van der Waals surface area contributed by atoms with Crippen LogP contribution in [0.15, 0.2) is 0 Å². The lowest BCUT2D eigenvalue weighted by molar-refractivity contribution is -0.133. The normalized spacial score (nSPS) is 41.5. The molecule has 0 spiro atoms. The van der Waals surface area contributed by atoms with E-state index in [1.165, 1.54) is 0 Å². The lowest BCUT2D eigenvalue weighted by Crippen LogP contribution is -2.35. The van der Waals surface area contributed by atoms with Gasteiger partial charge in [-0.3, -0.25) is 4.79 Å². The molecule has 80 valence electrons. The Bertz CT molecular complexity index is 241. The van der Waals surface area contributed by atoms with Crippen molar-refractivity contribution in [2.45, 2.75) is 32.7 Å². The molecule has 0 aromatic rings. The number of nitrogens with zero attached hydrogens (tertiary/aromatic N) is 1. The Morgan fingerprint density at radius 2 is 2.07 bits per heavy atom. The third-order valence-corrected chi connectivity index (χ3v) is 3.70. The van der Waals surface area contributed by atoms with Gasteiger partial charge in [0.05, 0.1) is 0 Å². The lowest BCUT2D eigenvalue weighted by atomic mass is 10.1. The first-order valence-corrected chi connectivity index (χ1v) is 5.64. The maximum Gasteiger partial charge on any atom is 0.226 e. The Morgan fingerprint density at radius 3 is 2.50 bits per heavy atom. The van der Waals surface area contributed by atoms with Crippen LogP contribution in [0.3, 0.4) is 0 Å². The number of likely N-dealkylation sites (tertiary alicyclic amines) is 1. The van der Waals surface area contributed by atoms with Gasteiger partial charge in [0.25, 0.3) is 0 Å². The van der Waals surface area contributed by atoms with Gasteiger partial charge in [0.1, 0.15) is 0 Å². The second-order valence-corrected chi connectivity index (χ2v) is 5.00. The average molecular weight is 196 g/mol. The van der Waals surface area contributed by atoms with E-state index in [0.29, 0.717) is 36.2 Å². The summed E-state index contributed by atoms with van der Waals surface area (Å²) in [5, 5.41) is 0. The van der Waals surface area contributed by atoms with Crippen LogP contribution in [0.4, 0.5) is 0 Å². The highest BCUT2D eigenvalue weighted by Crippen LogP contribution is 2.40. The molecule has 1 saturated carbocycles. The smallest absolute Gasteiger partial charge is 0.226 e. The summed E-state index contributed by atoms with van der Waals surface area (Å²) in [6, 6.07) is 0.406. The van der Waals surface area contributed by atoms with E-state index in [1.807, 2.05) is 4.90 Å². The van der Waals surface area contributed by atoms with Gasteiger partial charge in [-0.05, 0) is 38.1 Å². The molecular weight excluding hydrogens is 176 g/mol. The van der Waals surface area contributed by atoms with Gasteiger partial charge in [0, 0.05) is 18.5 Å². The van der Waals surface area contributed by atoms with Crippen molar-refractivity contribution in [3.8, 4) is 0 Å². The van der Waals surface area contributed by atoms with Gasteiger partial charge in [0.15, 0.2) is 0 Å². The molecule has 1 aliphatic carbocycles. The molecule has 1 aliphatic heterocycles. The van der Waals surface area contributed by atoms with Crippen molar-refractivity contribution < 1.29 is 4.79 Å². The Labute approximate surface area is 85.6 Å². The molecule has 2 fully saturated rings. The van der Waals surface area contributed by atoms with Gasteiger partial charge in [-0.25, -0.2) is 0 Å². The quantitative estimate of drug-likeness (QED) is 0.711. The number of nitrogens with two attached hydrogens (primary N) is 1. The van der Waals surface area contributed by atoms with Crippen molar-refractivity contribution >= 4 is 5.91 Å². The van der Waals surface area contributed by atoms with E-state index in [0.717, 1.165) is 19.4 Å². The summed E-state index contributed by atoms with van der Waals surface area (Å²) in [6.45, 7) is 5.90. The standard InChI is InChI=1S/C11H20N2O/c1-7-3-10(7)11(14)13-6-9(5-12)4-8(13)2/h7-10H,3-6,12H2,1-2H3. The van der Waals surface area contributed by atoms with Crippen molar-refractivity contribution in [3.63, 3.8) is 0 Å². The number of hydrogen-bond donors (Lipinski definition) is 1. The number of rotatable bonds is 2. The Hall–Kier alpha value is -0.570. The maximum atomic E-state index is 12.0.